The standard InChI is InChI=1S/C49H29N3O/c1-4-14-42(34(10-1)33-9-8-26-50-29-33)49-51-44(31-20-18-30(19-21-31)32-22-25-47-43(27-32)38-13-5-6-17-46(38)53-47)28-45(52-49)37-23-24-41-36-12-3-2-11-35(36)39-15-7-16-40(37)48(39)41/h1-29H. The van der Waals surface area contributed by atoms with Gasteiger partial charge in [-0.1, -0.05) is 133 Å². The lowest BCUT2D eigenvalue weighted by Gasteiger charge is -2.14. The molecule has 0 radical (unpaired) electrons. The quantitative estimate of drug-likeness (QED) is 0.182. The molecule has 10 aromatic rings. The van der Waals surface area contributed by atoms with Crippen molar-refractivity contribution in [2.24, 2.45) is 0 Å². The first-order chi connectivity index (χ1) is 26.3. The Morgan fingerprint density at radius 1 is 0.358 bits per heavy atom. The number of fused-ring (bicyclic) bond motifs is 6. The second-order valence-electron chi connectivity index (χ2n) is 13.6. The van der Waals surface area contributed by atoms with Crippen LogP contribution in [0.4, 0.5) is 0 Å². The van der Waals surface area contributed by atoms with E-state index in [1.54, 1.807) is 6.20 Å². The van der Waals surface area contributed by atoms with Crippen molar-refractivity contribution in [3.05, 3.63) is 176 Å². The van der Waals surface area contributed by atoms with E-state index in [0.29, 0.717) is 5.82 Å². The Labute approximate surface area is 305 Å². The van der Waals surface area contributed by atoms with Gasteiger partial charge in [-0.15, -0.1) is 0 Å². The predicted octanol–water partition coefficient (Wildman–Crippen LogP) is 12.9. The summed E-state index contributed by atoms with van der Waals surface area (Å²) in [6, 6.07) is 57.6. The molecule has 0 amide bonds. The first-order valence-electron chi connectivity index (χ1n) is 17.8. The molecule has 1 aliphatic rings. The van der Waals surface area contributed by atoms with Crippen LogP contribution in [0.25, 0.3) is 111 Å². The Kier molecular flexibility index (Phi) is 6.52. The van der Waals surface area contributed by atoms with Crippen LogP contribution in [0.2, 0.25) is 0 Å². The number of hydrogen-bond donors (Lipinski definition) is 0. The maximum Gasteiger partial charge on any atom is 0.161 e. The molecule has 0 unspecified atom stereocenters. The lowest BCUT2D eigenvalue weighted by atomic mass is 9.95. The number of pyridine rings is 1. The van der Waals surface area contributed by atoms with E-state index >= 15 is 0 Å². The van der Waals surface area contributed by atoms with Crippen LogP contribution in [0, 0.1) is 0 Å². The molecule has 0 atom stereocenters. The van der Waals surface area contributed by atoms with Gasteiger partial charge in [-0.05, 0) is 80.0 Å². The number of hydrogen-bond acceptors (Lipinski definition) is 4. The lowest BCUT2D eigenvalue weighted by molar-refractivity contribution is 0.669. The number of benzene rings is 7. The molecule has 0 spiro atoms. The number of rotatable bonds is 5. The molecule has 3 heterocycles. The maximum atomic E-state index is 6.09. The lowest BCUT2D eigenvalue weighted by Crippen LogP contribution is -1.98. The molecule has 4 nitrogen and oxygen atoms in total. The van der Waals surface area contributed by atoms with E-state index in [-0.39, 0.29) is 0 Å². The van der Waals surface area contributed by atoms with Gasteiger partial charge in [0.15, 0.2) is 5.82 Å². The van der Waals surface area contributed by atoms with Gasteiger partial charge in [-0.2, -0.15) is 0 Å². The van der Waals surface area contributed by atoms with Gasteiger partial charge in [-0.3, -0.25) is 4.98 Å². The molecule has 7 aromatic carbocycles. The highest BCUT2D eigenvalue weighted by atomic mass is 16.3. The van der Waals surface area contributed by atoms with Crippen LogP contribution in [0.15, 0.2) is 181 Å². The summed E-state index contributed by atoms with van der Waals surface area (Å²) in [7, 11) is 0. The highest BCUT2D eigenvalue weighted by molar-refractivity contribution is 6.18. The third-order valence-corrected chi connectivity index (χ3v) is 10.6. The fourth-order valence-electron chi connectivity index (χ4n) is 8.08. The molecule has 0 bridgehead atoms. The molecule has 53 heavy (non-hydrogen) atoms. The van der Waals surface area contributed by atoms with Gasteiger partial charge in [0.05, 0.1) is 11.4 Å². The van der Waals surface area contributed by atoms with E-state index in [2.05, 4.69) is 151 Å². The Morgan fingerprint density at radius 2 is 1.00 bits per heavy atom. The van der Waals surface area contributed by atoms with Crippen LogP contribution in [0.1, 0.15) is 0 Å². The van der Waals surface area contributed by atoms with Crippen LogP contribution in [-0.2, 0) is 0 Å². The van der Waals surface area contributed by atoms with Crippen LogP contribution >= 0.6 is 0 Å². The topological polar surface area (TPSA) is 51.8 Å². The van der Waals surface area contributed by atoms with Gasteiger partial charge in [0, 0.05) is 45.4 Å². The highest BCUT2D eigenvalue weighted by Gasteiger charge is 2.23. The van der Waals surface area contributed by atoms with Crippen molar-refractivity contribution >= 4 is 32.7 Å². The summed E-state index contributed by atoms with van der Waals surface area (Å²) in [5.41, 5.74) is 16.0. The molecular formula is C49H29N3O. The van der Waals surface area contributed by atoms with Crippen molar-refractivity contribution in [2.75, 3.05) is 0 Å². The smallest absolute Gasteiger partial charge is 0.161 e. The van der Waals surface area contributed by atoms with E-state index in [9.17, 15) is 0 Å². The Balaban J connectivity index is 1.08. The zero-order chi connectivity index (χ0) is 34.9. The van der Waals surface area contributed by atoms with Gasteiger partial charge in [0.1, 0.15) is 11.2 Å². The SMILES string of the molecule is c1cncc(-c2ccccc2-c2nc(-c3ccc(-c4ccc5oc6ccccc6c5c4)cc3)cc(-c3ccc4c5c(cccc35)-c3ccccc3-4)n2)c1. The predicted molar refractivity (Wildman–Crippen MR) is 216 cm³/mol. The van der Waals surface area contributed by atoms with Gasteiger partial charge in [-0.25, -0.2) is 9.97 Å². The second kappa shape index (κ2) is 11.7. The molecule has 1 aliphatic carbocycles. The van der Waals surface area contributed by atoms with Gasteiger partial charge in [0.2, 0.25) is 0 Å². The van der Waals surface area contributed by atoms with Crippen molar-refractivity contribution < 1.29 is 4.42 Å². The fraction of sp³-hybridized carbons (Fsp3) is 0. The molecule has 0 saturated heterocycles. The average Bonchev–Trinajstić information content (AvgIpc) is 3.77. The summed E-state index contributed by atoms with van der Waals surface area (Å²) in [6.45, 7) is 0. The van der Waals surface area contributed by atoms with Crippen molar-refractivity contribution in [1.29, 1.82) is 0 Å². The van der Waals surface area contributed by atoms with Crippen molar-refractivity contribution in [1.82, 2.24) is 15.0 Å². The molecule has 0 N–H and O–H groups in total. The van der Waals surface area contributed by atoms with Gasteiger partial charge < -0.3 is 4.42 Å². The number of para-hydroxylation sites is 1. The van der Waals surface area contributed by atoms with E-state index in [1.165, 1.54) is 33.0 Å². The fourth-order valence-corrected chi connectivity index (χ4v) is 8.08. The first-order valence-corrected chi connectivity index (χ1v) is 17.8. The summed E-state index contributed by atoms with van der Waals surface area (Å²) in [6.07, 6.45) is 3.70. The van der Waals surface area contributed by atoms with Crippen LogP contribution in [0.5, 0.6) is 0 Å². The Hall–Kier alpha value is -7.17. The molecule has 0 fully saturated rings. The normalized spacial score (nSPS) is 11.8. The molecule has 0 aliphatic heterocycles. The minimum Gasteiger partial charge on any atom is -0.456 e. The van der Waals surface area contributed by atoms with E-state index in [1.807, 2.05) is 24.4 Å². The third-order valence-electron chi connectivity index (χ3n) is 10.6. The highest BCUT2D eigenvalue weighted by Crippen LogP contribution is 2.49. The van der Waals surface area contributed by atoms with E-state index < -0.39 is 0 Å². The molecule has 11 rings (SSSR count). The van der Waals surface area contributed by atoms with E-state index in [4.69, 9.17) is 14.4 Å². The minimum absolute atomic E-state index is 0.671. The first kappa shape index (κ1) is 29.5. The van der Waals surface area contributed by atoms with Crippen LogP contribution in [0.3, 0.4) is 0 Å². The second-order valence-corrected chi connectivity index (χ2v) is 13.6. The molecule has 0 saturated carbocycles. The van der Waals surface area contributed by atoms with Crippen LogP contribution < -0.4 is 0 Å². The van der Waals surface area contributed by atoms with Crippen molar-refractivity contribution in [2.45, 2.75) is 0 Å². The Bertz CT molecular complexity index is 3020. The van der Waals surface area contributed by atoms with Gasteiger partial charge >= 0.3 is 0 Å². The summed E-state index contributed by atoms with van der Waals surface area (Å²) >= 11 is 0. The van der Waals surface area contributed by atoms with E-state index in [0.717, 1.165) is 72.3 Å². The number of furan rings is 1. The zero-order valence-corrected chi connectivity index (χ0v) is 28.5. The van der Waals surface area contributed by atoms with Crippen LogP contribution in [-0.4, -0.2) is 15.0 Å². The maximum absolute atomic E-state index is 6.09. The van der Waals surface area contributed by atoms with Crippen molar-refractivity contribution in [3.63, 3.8) is 0 Å². The molecule has 3 aromatic heterocycles. The largest absolute Gasteiger partial charge is 0.456 e. The third kappa shape index (κ3) is 4.73. The monoisotopic (exact) mass is 675 g/mol. The number of nitrogens with zero attached hydrogens (tertiary/aromatic N) is 3. The number of aromatic nitrogens is 3. The Morgan fingerprint density at radius 3 is 1.83 bits per heavy atom. The summed E-state index contributed by atoms with van der Waals surface area (Å²) in [5.74, 6) is 0.671. The molecule has 4 heteroatoms. The summed E-state index contributed by atoms with van der Waals surface area (Å²) < 4.78 is 6.09. The summed E-state index contributed by atoms with van der Waals surface area (Å²) in [5, 5.41) is 4.70. The van der Waals surface area contributed by atoms with Crippen molar-refractivity contribution in [3.8, 4) is 78.4 Å². The summed E-state index contributed by atoms with van der Waals surface area (Å²) in [4.78, 5) is 15.0. The minimum atomic E-state index is 0.671. The zero-order valence-electron chi connectivity index (χ0n) is 28.5. The molecule has 246 valence electrons. The average molecular weight is 676 g/mol. The van der Waals surface area contributed by atoms with Gasteiger partial charge in [0.25, 0.3) is 0 Å². The molecular weight excluding hydrogens is 647 g/mol.